The van der Waals surface area contributed by atoms with Crippen LogP contribution in [0.5, 0.6) is 5.75 Å². The normalized spacial score (nSPS) is 18.2. The Labute approximate surface area is 173 Å². The Morgan fingerprint density at radius 2 is 1.97 bits per heavy atom. The maximum Gasteiger partial charge on any atom is 0.325 e. The molecule has 1 fully saturated rings. The summed E-state index contributed by atoms with van der Waals surface area (Å²) in [5.74, 6) is -1.70. The van der Waals surface area contributed by atoms with Crippen LogP contribution in [0.15, 0.2) is 54.7 Å². The van der Waals surface area contributed by atoms with Gasteiger partial charge in [0.25, 0.3) is 0 Å². The van der Waals surface area contributed by atoms with Gasteiger partial charge in [0.05, 0.1) is 5.92 Å². The summed E-state index contributed by atoms with van der Waals surface area (Å²) in [6.45, 7) is 1.24. The number of nitrogens with zero attached hydrogens (tertiary/aromatic N) is 1. The standard InChI is InChI=1S/C23H24N2O5/c26-22(27)16-7-4-10-25(13-16)21(23(28)29)19-12-24-20-11-17(8-9-18(19)20)30-14-15-5-2-1-3-6-15/h1-3,5-6,8-9,11-12,16,21,24H,4,7,10,13-14H2,(H,26,27)(H,28,29)/t16-,21-/m1/s1. The Balaban J connectivity index is 1.56. The van der Waals surface area contributed by atoms with E-state index in [1.165, 1.54) is 0 Å². The lowest BCUT2D eigenvalue weighted by Crippen LogP contribution is -2.43. The fraction of sp³-hybridized carbons (Fsp3) is 0.304. The number of aromatic amines is 1. The predicted octanol–water partition coefficient (Wildman–Crippen LogP) is 3.67. The number of likely N-dealkylation sites (tertiary alicyclic amines) is 1. The zero-order chi connectivity index (χ0) is 21.1. The van der Waals surface area contributed by atoms with Crippen molar-refractivity contribution in [3.05, 3.63) is 65.9 Å². The van der Waals surface area contributed by atoms with Gasteiger partial charge in [-0.3, -0.25) is 14.5 Å². The SMILES string of the molecule is O=C(O)[C@@H]1CCCN([C@@H](C(=O)O)c2c[nH]c3cc(OCc4ccccc4)ccc23)C1. The molecule has 3 N–H and O–H groups in total. The number of rotatable bonds is 7. The van der Waals surface area contributed by atoms with Crippen molar-refractivity contribution < 1.29 is 24.5 Å². The van der Waals surface area contributed by atoms with E-state index in [1.807, 2.05) is 48.5 Å². The van der Waals surface area contributed by atoms with Crippen molar-refractivity contribution in [1.82, 2.24) is 9.88 Å². The number of hydrogen-bond donors (Lipinski definition) is 3. The fourth-order valence-electron chi connectivity index (χ4n) is 4.11. The summed E-state index contributed by atoms with van der Waals surface area (Å²) in [6, 6.07) is 14.5. The molecule has 1 aromatic heterocycles. The number of carboxylic acid groups (broad SMARTS) is 2. The zero-order valence-electron chi connectivity index (χ0n) is 16.5. The van der Waals surface area contributed by atoms with Gasteiger partial charge in [-0.05, 0) is 37.1 Å². The number of ether oxygens (including phenoxy) is 1. The molecule has 3 aromatic rings. The van der Waals surface area contributed by atoms with Gasteiger partial charge in [0.1, 0.15) is 18.4 Å². The van der Waals surface area contributed by atoms with E-state index < -0.39 is 23.9 Å². The van der Waals surface area contributed by atoms with Gasteiger partial charge in [-0.15, -0.1) is 0 Å². The molecule has 2 atom stereocenters. The molecule has 0 unspecified atom stereocenters. The molecule has 0 amide bonds. The lowest BCUT2D eigenvalue weighted by atomic mass is 9.94. The summed E-state index contributed by atoms with van der Waals surface area (Å²) in [7, 11) is 0. The molecule has 0 bridgehead atoms. The number of carboxylic acids is 2. The van der Waals surface area contributed by atoms with Crippen molar-refractivity contribution in [1.29, 1.82) is 0 Å². The van der Waals surface area contributed by atoms with E-state index in [0.717, 1.165) is 16.5 Å². The van der Waals surface area contributed by atoms with Crippen LogP contribution in [-0.4, -0.2) is 45.1 Å². The molecule has 0 radical (unpaired) electrons. The van der Waals surface area contributed by atoms with E-state index in [2.05, 4.69) is 4.98 Å². The first kappa shape index (κ1) is 20.0. The smallest absolute Gasteiger partial charge is 0.325 e. The van der Waals surface area contributed by atoms with Crippen LogP contribution < -0.4 is 4.74 Å². The lowest BCUT2D eigenvalue weighted by Gasteiger charge is -2.34. The second-order valence-electron chi connectivity index (χ2n) is 7.64. The van der Waals surface area contributed by atoms with Crippen molar-refractivity contribution >= 4 is 22.8 Å². The van der Waals surface area contributed by atoms with E-state index in [1.54, 1.807) is 11.1 Å². The van der Waals surface area contributed by atoms with Crippen LogP contribution in [0.2, 0.25) is 0 Å². The molecular weight excluding hydrogens is 384 g/mol. The molecule has 1 aliphatic heterocycles. The summed E-state index contributed by atoms with van der Waals surface area (Å²) >= 11 is 0. The number of carbonyl (C=O) groups is 2. The van der Waals surface area contributed by atoms with Crippen LogP contribution >= 0.6 is 0 Å². The first-order chi connectivity index (χ1) is 14.5. The van der Waals surface area contributed by atoms with Crippen molar-refractivity contribution in [2.75, 3.05) is 13.1 Å². The molecule has 1 aliphatic rings. The minimum Gasteiger partial charge on any atom is -0.489 e. The predicted molar refractivity (Wildman–Crippen MR) is 111 cm³/mol. The van der Waals surface area contributed by atoms with Crippen molar-refractivity contribution in [2.45, 2.75) is 25.5 Å². The van der Waals surface area contributed by atoms with Gasteiger partial charge >= 0.3 is 11.9 Å². The molecule has 0 aliphatic carbocycles. The van der Waals surface area contributed by atoms with Crippen molar-refractivity contribution in [3.8, 4) is 5.75 Å². The number of benzene rings is 2. The number of fused-ring (bicyclic) bond motifs is 1. The van der Waals surface area contributed by atoms with Gasteiger partial charge in [0, 0.05) is 35.3 Å². The van der Waals surface area contributed by atoms with Gasteiger partial charge in [0.15, 0.2) is 0 Å². The van der Waals surface area contributed by atoms with Crippen molar-refractivity contribution in [3.63, 3.8) is 0 Å². The average molecular weight is 408 g/mol. The summed E-state index contributed by atoms with van der Waals surface area (Å²) in [4.78, 5) is 28.4. The molecule has 7 nitrogen and oxygen atoms in total. The Bertz CT molecular complexity index is 1050. The molecule has 0 saturated carbocycles. The van der Waals surface area contributed by atoms with Crippen molar-refractivity contribution in [2.24, 2.45) is 5.92 Å². The monoisotopic (exact) mass is 408 g/mol. The number of aromatic nitrogens is 1. The highest BCUT2D eigenvalue weighted by molar-refractivity contribution is 5.90. The van der Waals surface area contributed by atoms with Crippen LogP contribution in [0.4, 0.5) is 0 Å². The zero-order valence-corrected chi connectivity index (χ0v) is 16.5. The fourth-order valence-corrected chi connectivity index (χ4v) is 4.11. The van der Waals surface area contributed by atoms with Gasteiger partial charge in [-0.2, -0.15) is 0 Å². The summed E-state index contributed by atoms with van der Waals surface area (Å²) in [5, 5.41) is 20.1. The number of hydrogen-bond acceptors (Lipinski definition) is 4. The topological polar surface area (TPSA) is 103 Å². The maximum atomic E-state index is 12.1. The number of aliphatic carboxylic acids is 2. The van der Waals surface area contributed by atoms with Crippen LogP contribution in [0.1, 0.15) is 30.0 Å². The molecule has 2 aromatic carbocycles. The minimum atomic E-state index is -0.980. The third kappa shape index (κ3) is 4.16. The summed E-state index contributed by atoms with van der Waals surface area (Å²) in [5.41, 5.74) is 2.49. The number of piperidine rings is 1. The Kier molecular flexibility index (Phi) is 5.72. The molecule has 1 saturated heterocycles. The highest BCUT2D eigenvalue weighted by Crippen LogP contribution is 2.33. The number of H-pyrrole nitrogens is 1. The van der Waals surface area contributed by atoms with E-state index in [9.17, 15) is 19.8 Å². The van der Waals surface area contributed by atoms with Gasteiger partial charge in [-0.25, -0.2) is 0 Å². The van der Waals surface area contributed by atoms with Gasteiger partial charge in [-0.1, -0.05) is 30.3 Å². The molecular formula is C23H24N2O5. The molecule has 4 rings (SSSR count). The highest BCUT2D eigenvalue weighted by Gasteiger charge is 2.35. The van der Waals surface area contributed by atoms with E-state index in [-0.39, 0.29) is 6.54 Å². The van der Waals surface area contributed by atoms with Crippen LogP contribution in [0.25, 0.3) is 10.9 Å². The third-order valence-corrected chi connectivity index (χ3v) is 5.63. The Morgan fingerprint density at radius 1 is 1.17 bits per heavy atom. The molecule has 2 heterocycles. The molecule has 7 heteroatoms. The van der Waals surface area contributed by atoms with E-state index in [4.69, 9.17) is 4.74 Å². The first-order valence-corrected chi connectivity index (χ1v) is 10.0. The van der Waals surface area contributed by atoms with Crippen LogP contribution in [-0.2, 0) is 16.2 Å². The van der Waals surface area contributed by atoms with E-state index in [0.29, 0.717) is 37.3 Å². The van der Waals surface area contributed by atoms with E-state index >= 15 is 0 Å². The molecule has 30 heavy (non-hydrogen) atoms. The second kappa shape index (κ2) is 8.59. The average Bonchev–Trinajstić information content (AvgIpc) is 3.16. The highest BCUT2D eigenvalue weighted by atomic mass is 16.5. The Morgan fingerprint density at radius 3 is 2.70 bits per heavy atom. The molecule has 156 valence electrons. The summed E-state index contributed by atoms with van der Waals surface area (Å²) in [6.07, 6.45) is 2.95. The number of nitrogens with one attached hydrogen (secondary N) is 1. The first-order valence-electron chi connectivity index (χ1n) is 10.0. The van der Waals surface area contributed by atoms with Gasteiger partial charge < -0.3 is 19.9 Å². The second-order valence-corrected chi connectivity index (χ2v) is 7.64. The maximum absolute atomic E-state index is 12.1. The quantitative estimate of drug-likeness (QED) is 0.551. The summed E-state index contributed by atoms with van der Waals surface area (Å²) < 4.78 is 5.86. The third-order valence-electron chi connectivity index (χ3n) is 5.63. The van der Waals surface area contributed by atoms with Gasteiger partial charge in [0.2, 0.25) is 0 Å². The van der Waals surface area contributed by atoms with Crippen LogP contribution in [0, 0.1) is 5.92 Å². The lowest BCUT2D eigenvalue weighted by molar-refractivity contribution is -0.149. The van der Waals surface area contributed by atoms with Crippen LogP contribution in [0.3, 0.4) is 0 Å². The minimum absolute atomic E-state index is 0.233. The largest absolute Gasteiger partial charge is 0.489 e. The molecule has 0 spiro atoms. The Hall–Kier alpha value is -3.32.